The van der Waals surface area contributed by atoms with Gasteiger partial charge in [0, 0.05) is 13.1 Å². The molecule has 100 valence electrons. The molecule has 0 saturated carbocycles. The predicted octanol–water partition coefficient (Wildman–Crippen LogP) is 3.39. The Bertz CT molecular complexity index is 524. The fourth-order valence-corrected chi connectivity index (χ4v) is 1.67. The molecule has 2 nitrogen and oxygen atoms in total. The van der Waals surface area contributed by atoms with Crippen molar-refractivity contribution in [2.45, 2.75) is 19.3 Å². The Morgan fingerprint density at radius 3 is 2.32 bits per heavy atom. The highest BCUT2D eigenvalue weighted by Gasteiger charge is 2.32. The molecule has 2 aromatic rings. The van der Waals surface area contributed by atoms with Gasteiger partial charge in [-0.1, -0.05) is 36.4 Å². The van der Waals surface area contributed by atoms with Gasteiger partial charge in [-0.15, -0.1) is 0 Å². The monoisotopic (exact) mass is 266 g/mol. The van der Waals surface area contributed by atoms with Gasteiger partial charge in [0.2, 0.25) is 0 Å². The summed E-state index contributed by atoms with van der Waals surface area (Å²) < 4.78 is 37.4. The van der Waals surface area contributed by atoms with Gasteiger partial charge in [-0.3, -0.25) is 0 Å². The highest BCUT2D eigenvalue weighted by atomic mass is 19.4. The van der Waals surface area contributed by atoms with Crippen molar-refractivity contribution in [2.75, 3.05) is 0 Å². The molecule has 0 saturated heterocycles. The Kier molecular flexibility index (Phi) is 4.16. The molecular formula is C14H13F3N2. The van der Waals surface area contributed by atoms with Crippen LogP contribution in [-0.4, -0.2) is 4.98 Å². The Morgan fingerprint density at radius 2 is 1.63 bits per heavy atom. The Labute approximate surface area is 109 Å². The second kappa shape index (κ2) is 5.84. The minimum atomic E-state index is -4.39. The molecule has 1 N–H and O–H groups in total. The van der Waals surface area contributed by atoms with E-state index in [9.17, 15) is 13.2 Å². The number of hydrogen-bond acceptors (Lipinski definition) is 2. The van der Waals surface area contributed by atoms with E-state index in [-0.39, 0.29) is 0 Å². The molecule has 1 heterocycles. The maximum Gasteiger partial charge on any atom is 0.433 e. The van der Waals surface area contributed by atoms with Gasteiger partial charge >= 0.3 is 6.18 Å². The largest absolute Gasteiger partial charge is 0.433 e. The first-order valence-corrected chi connectivity index (χ1v) is 5.83. The molecule has 0 bridgehead atoms. The van der Waals surface area contributed by atoms with Gasteiger partial charge in [-0.05, 0) is 17.7 Å². The van der Waals surface area contributed by atoms with Gasteiger partial charge < -0.3 is 5.32 Å². The quantitative estimate of drug-likeness (QED) is 0.917. The van der Waals surface area contributed by atoms with Crippen molar-refractivity contribution in [3.8, 4) is 0 Å². The zero-order valence-electron chi connectivity index (χ0n) is 10.1. The highest BCUT2D eigenvalue weighted by Crippen LogP contribution is 2.27. The molecule has 0 aliphatic heterocycles. The lowest BCUT2D eigenvalue weighted by atomic mass is 10.2. The van der Waals surface area contributed by atoms with Crippen molar-refractivity contribution < 1.29 is 13.2 Å². The number of nitrogens with one attached hydrogen (secondary N) is 1. The number of rotatable bonds is 4. The van der Waals surface area contributed by atoms with Crippen molar-refractivity contribution in [1.29, 1.82) is 0 Å². The van der Waals surface area contributed by atoms with Crippen molar-refractivity contribution in [1.82, 2.24) is 10.3 Å². The number of aromatic nitrogens is 1. The third-order valence-electron chi connectivity index (χ3n) is 2.58. The molecule has 0 radical (unpaired) electrons. The van der Waals surface area contributed by atoms with E-state index in [1.807, 2.05) is 30.3 Å². The normalized spacial score (nSPS) is 11.5. The fourth-order valence-electron chi connectivity index (χ4n) is 1.67. The second-order valence-corrected chi connectivity index (χ2v) is 4.10. The van der Waals surface area contributed by atoms with Crippen LogP contribution in [0.25, 0.3) is 0 Å². The predicted molar refractivity (Wildman–Crippen MR) is 66.2 cm³/mol. The molecule has 0 aliphatic carbocycles. The van der Waals surface area contributed by atoms with Crippen molar-refractivity contribution >= 4 is 0 Å². The van der Waals surface area contributed by atoms with Gasteiger partial charge in [0.1, 0.15) is 5.69 Å². The van der Waals surface area contributed by atoms with Crippen molar-refractivity contribution in [3.05, 3.63) is 65.5 Å². The molecule has 0 fully saturated rings. The van der Waals surface area contributed by atoms with Gasteiger partial charge in [-0.2, -0.15) is 13.2 Å². The molecule has 0 unspecified atom stereocenters. The summed E-state index contributed by atoms with van der Waals surface area (Å²) >= 11 is 0. The fraction of sp³-hybridized carbons (Fsp3) is 0.214. The molecule has 2 rings (SSSR count). The average Bonchev–Trinajstić information content (AvgIpc) is 2.39. The highest BCUT2D eigenvalue weighted by molar-refractivity contribution is 5.16. The molecule has 0 atom stereocenters. The lowest BCUT2D eigenvalue weighted by Gasteiger charge is -2.08. The minimum Gasteiger partial charge on any atom is -0.307 e. The molecule has 0 spiro atoms. The van der Waals surface area contributed by atoms with Crippen LogP contribution in [0.1, 0.15) is 17.0 Å². The Balaban J connectivity index is 1.93. The number of pyridine rings is 1. The summed E-state index contributed by atoms with van der Waals surface area (Å²) in [5, 5.41) is 3.07. The zero-order chi connectivity index (χ0) is 13.7. The van der Waals surface area contributed by atoms with Gasteiger partial charge in [0.15, 0.2) is 0 Å². The number of halogens is 3. The summed E-state index contributed by atoms with van der Waals surface area (Å²) in [5.74, 6) is 0. The van der Waals surface area contributed by atoms with Crippen LogP contribution in [-0.2, 0) is 19.3 Å². The van der Waals surface area contributed by atoms with Crippen LogP contribution >= 0.6 is 0 Å². The van der Waals surface area contributed by atoms with Crippen LogP contribution in [0.3, 0.4) is 0 Å². The number of alkyl halides is 3. The Morgan fingerprint density at radius 1 is 0.895 bits per heavy atom. The smallest absolute Gasteiger partial charge is 0.307 e. The number of nitrogens with zero attached hydrogens (tertiary/aromatic N) is 1. The lowest BCUT2D eigenvalue weighted by Crippen LogP contribution is -2.16. The van der Waals surface area contributed by atoms with Crippen LogP contribution in [0.2, 0.25) is 0 Å². The molecule has 0 aliphatic rings. The topological polar surface area (TPSA) is 24.9 Å². The van der Waals surface area contributed by atoms with Crippen molar-refractivity contribution in [2.24, 2.45) is 0 Å². The first kappa shape index (κ1) is 13.5. The van der Waals surface area contributed by atoms with E-state index in [0.717, 1.165) is 11.6 Å². The van der Waals surface area contributed by atoms with E-state index in [2.05, 4.69) is 10.3 Å². The summed E-state index contributed by atoms with van der Waals surface area (Å²) in [5.41, 5.74) is 0.603. The van der Waals surface area contributed by atoms with Crippen LogP contribution in [0.4, 0.5) is 13.2 Å². The van der Waals surface area contributed by atoms with Crippen LogP contribution in [0.15, 0.2) is 48.5 Å². The summed E-state index contributed by atoms with van der Waals surface area (Å²) in [7, 11) is 0. The third kappa shape index (κ3) is 4.06. The summed E-state index contributed by atoms with van der Waals surface area (Å²) in [6.07, 6.45) is -4.39. The SMILES string of the molecule is FC(F)(F)c1cccc(CNCc2ccccc2)n1. The van der Waals surface area contributed by atoms with Gasteiger partial charge in [0.25, 0.3) is 0 Å². The van der Waals surface area contributed by atoms with E-state index >= 15 is 0 Å². The van der Waals surface area contributed by atoms with Gasteiger partial charge in [-0.25, -0.2) is 4.98 Å². The van der Waals surface area contributed by atoms with Crippen LogP contribution in [0.5, 0.6) is 0 Å². The standard InChI is InChI=1S/C14H13F3N2/c15-14(16,17)13-8-4-7-12(19-13)10-18-9-11-5-2-1-3-6-11/h1-8,18H,9-10H2. The average molecular weight is 266 g/mol. The van der Waals surface area contributed by atoms with E-state index < -0.39 is 11.9 Å². The third-order valence-corrected chi connectivity index (χ3v) is 2.58. The maximum absolute atomic E-state index is 12.5. The van der Waals surface area contributed by atoms with E-state index in [1.165, 1.54) is 6.07 Å². The van der Waals surface area contributed by atoms with Crippen LogP contribution in [0, 0.1) is 0 Å². The molecular weight excluding hydrogens is 253 g/mol. The first-order valence-electron chi connectivity index (χ1n) is 5.83. The molecule has 1 aromatic heterocycles. The molecule has 19 heavy (non-hydrogen) atoms. The second-order valence-electron chi connectivity index (χ2n) is 4.10. The maximum atomic E-state index is 12.5. The molecule has 1 aromatic carbocycles. The number of benzene rings is 1. The molecule has 5 heteroatoms. The van der Waals surface area contributed by atoms with Crippen molar-refractivity contribution in [3.63, 3.8) is 0 Å². The van der Waals surface area contributed by atoms with Gasteiger partial charge in [0.05, 0.1) is 5.69 Å². The van der Waals surface area contributed by atoms with E-state index in [4.69, 9.17) is 0 Å². The Hall–Kier alpha value is -1.88. The summed E-state index contributed by atoms with van der Waals surface area (Å²) in [4.78, 5) is 3.59. The number of hydrogen-bond donors (Lipinski definition) is 1. The van der Waals surface area contributed by atoms with E-state index in [0.29, 0.717) is 18.8 Å². The lowest BCUT2D eigenvalue weighted by molar-refractivity contribution is -0.141. The minimum absolute atomic E-state index is 0.304. The summed E-state index contributed by atoms with van der Waals surface area (Å²) in [6.45, 7) is 0.900. The zero-order valence-corrected chi connectivity index (χ0v) is 10.1. The summed E-state index contributed by atoms with van der Waals surface area (Å²) in [6, 6.07) is 13.6. The van der Waals surface area contributed by atoms with Crippen LogP contribution < -0.4 is 5.32 Å². The molecule has 0 amide bonds. The van der Waals surface area contributed by atoms with E-state index in [1.54, 1.807) is 6.07 Å². The first-order chi connectivity index (χ1) is 9.05.